The highest BCUT2D eigenvalue weighted by molar-refractivity contribution is 5.76. The van der Waals surface area contributed by atoms with E-state index in [0.29, 0.717) is 6.42 Å². The molecule has 1 aliphatic rings. The summed E-state index contributed by atoms with van der Waals surface area (Å²) in [5.41, 5.74) is 0. The van der Waals surface area contributed by atoms with Crippen molar-refractivity contribution in [2.45, 2.75) is 204 Å². The van der Waals surface area contributed by atoms with Gasteiger partial charge in [-0.2, -0.15) is 0 Å². The molecular weight excluding hydrogens is 658 g/mol. The number of amides is 1. The van der Waals surface area contributed by atoms with Gasteiger partial charge in [-0.25, -0.2) is 0 Å². The van der Waals surface area contributed by atoms with Crippen molar-refractivity contribution in [2.75, 3.05) is 13.2 Å². The average molecular weight is 736 g/mol. The summed E-state index contributed by atoms with van der Waals surface area (Å²) in [5, 5.41) is 54.0. The van der Waals surface area contributed by atoms with E-state index in [9.17, 15) is 30.3 Å². The zero-order valence-corrected chi connectivity index (χ0v) is 32.8. The Morgan fingerprint density at radius 2 is 1.19 bits per heavy atom. The number of allylic oxidation sites excluding steroid dienone is 7. The predicted molar refractivity (Wildman–Crippen MR) is 212 cm³/mol. The van der Waals surface area contributed by atoms with Crippen LogP contribution in [0.3, 0.4) is 0 Å². The van der Waals surface area contributed by atoms with Crippen molar-refractivity contribution >= 4 is 5.91 Å². The zero-order valence-electron chi connectivity index (χ0n) is 32.8. The van der Waals surface area contributed by atoms with Crippen LogP contribution < -0.4 is 5.32 Å². The second-order valence-electron chi connectivity index (χ2n) is 14.4. The van der Waals surface area contributed by atoms with Gasteiger partial charge in [-0.05, 0) is 57.8 Å². The van der Waals surface area contributed by atoms with Crippen LogP contribution in [-0.4, -0.2) is 87.5 Å². The molecule has 0 aromatic heterocycles. The first-order valence-electron chi connectivity index (χ1n) is 20.9. The molecule has 1 heterocycles. The first-order chi connectivity index (χ1) is 25.3. The van der Waals surface area contributed by atoms with E-state index < -0.39 is 49.5 Å². The summed E-state index contributed by atoms with van der Waals surface area (Å²) in [5.74, 6) is -0.205. The van der Waals surface area contributed by atoms with Crippen molar-refractivity contribution in [1.82, 2.24) is 5.32 Å². The van der Waals surface area contributed by atoms with E-state index in [1.54, 1.807) is 6.08 Å². The van der Waals surface area contributed by atoms with Gasteiger partial charge in [0.1, 0.15) is 24.4 Å². The highest BCUT2D eigenvalue weighted by Gasteiger charge is 2.44. The molecule has 1 fully saturated rings. The molecule has 0 bridgehead atoms. The van der Waals surface area contributed by atoms with Crippen molar-refractivity contribution in [3.63, 3.8) is 0 Å². The summed E-state index contributed by atoms with van der Waals surface area (Å²) in [4.78, 5) is 12.9. The van der Waals surface area contributed by atoms with Gasteiger partial charge in [0.2, 0.25) is 5.91 Å². The second kappa shape index (κ2) is 33.7. The fourth-order valence-electron chi connectivity index (χ4n) is 6.21. The van der Waals surface area contributed by atoms with Crippen molar-refractivity contribution in [2.24, 2.45) is 0 Å². The standard InChI is InChI=1S/C43H77NO8/c1-3-5-7-9-11-13-15-17-18-19-21-22-24-26-28-30-32-37(46)36(35-51-43-42(50)41(49)40(48)38(34-45)52-43)44-39(47)33-31-29-27-25-23-20-16-14-12-10-8-6-4-2/h8,10,14,16,22,24,30,32,36-38,40-43,45-46,48-50H,3-7,9,11-13,15,17-21,23,25-29,31,33-35H2,1-2H3,(H,44,47)/b10-8-,16-14-,24-22+,32-30+. The summed E-state index contributed by atoms with van der Waals surface area (Å²) < 4.78 is 11.2. The molecule has 52 heavy (non-hydrogen) atoms. The van der Waals surface area contributed by atoms with Gasteiger partial charge in [0.25, 0.3) is 0 Å². The molecular formula is C43H77NO8. The molecule has 0 spiro atoms. The van der Waals surface area contributed by atoms with Crippen LogP contribution in [0.1, 0.15) is 162 Å². The van der Waals surface area contributed by atoms with Crippen molar-refractivity contribution in [1.29, 1.82) is 0 Å². The topological polar surface area (TPSA) is 149 Å². The molecule has 7 atom stereocenters. The van der Waals surface area contributed by atoms with Crippen LogP contribution in [-0.2, 0) is 14.3 Å². The van der Waals surface area contributed by atoms with E-state index in [1.807, 2.05) is 6.08 Å². The van der Waals surface area contributed by atoms with Gasteiger partial charge in [0.05, 0.1) is 25.4 Å². The number of aliphatic hydroxyl groups excluding tert-OH is 5. The molecule has 9 nitrogen and oxygen atoms in total. The highest BCUT2D eigenvalue weighted by Crippen LogP contribution is 2.22. The number of ether oxygens (including phenoxy) is 2. The Bertz CT molecular complexity index is 951. The quantitative estimate of drug-likeness (QED) is 0.0295. The Morgan fingerprint density at radius 3 is 1.81 bits per heavy atom. The number of carbonyl (C=O) groups is 1. The number of unbranched alkanes of at least 4 members (excludes halogenated alkanes) is 17. The number of aliphatic hydroxyl groups is 5. The SMILES string of the molecule is CCC/C=C\C/C=C\CCCCCCCC(=O)NC(COC1OC(CO)C(O)C(O)C1O)C(O)/C=C/CC/C=C/CCCCCCCCCCCC. The van der Waals surface area contributed by atoms with E-state index >= 15 is 0 Å². The summed E-state index contributed by atoms with van der Waals surface area (Å²) in [6.07, 6.45) is 34.4. The van der Waals surface area contributed by atoms with E-state index in [-0.39, 0.29) is 12.5 Å². The molecule has 1 amide bonds. The van der Waals surface area contributed by atoms with Gasteiger partial charge >= 0.3 is 0 Å². The summed E-state index contributed by atoms with van der Waals surface area (Å²) in [6.45, 7) is 3.66. The maximum atomic E-state index is 12.9. The normalized spacial score (nSPS) is 22.3. The summed E-state index contributed by atoms with van der Waals surface area (Å²) in [6, 6.07) is -0.827. The van der Waals surface area contributed by atoms with Crippen LogP contribution in [0.15, 0.2) is 48.6 Å². The van der Waals surface area contributed by atoms with Crippen LogP contribution in [0.2, 0.25) is 0 Å². The second-order valence-corrected chi connectivity index (χ2v) is 14.4. The minimum Gasteiger partial charge on any atom is -0.394 e. The minimum absolute atomic E-state index is 0.205. The lowest BCUT2D eigenvalue weighted by Crippen LogP contribution is -2.60. The van der Waals surface area contributed by atoms with Crippen LogP contribution in [0, 0.1) is 0 Å². The fourth-order valence-corrected chi connectivity index (χ4v) is 6.21. The Balaban J connectivity index is 2.46. The van der Waals surface area contributed by atoms with Gasteiger partial charge in [0, 0.05) is 6.42 Å². The Morgan fingerprint density at radius 1 is 0.654 bits per heavy atom. The molecule has 0 aliphatic carbocycles. The van der Waals surface area contributed by atoms with Gasteiger partial charge in [-0.15, -0.1) is 0 Å². The number of hydrogen-bond acceptors (Lipinski definition) is 8. The van der Waals surface area contributed by atoms with Crippen molar-refractivity contribution < 1.29 is 39.8 Å². The molecule has 0 radical (unpaired) electrons. The predicted octanol–water partition coefficient (Wildman–Crippen LogP) is 7.89. The van der Waals surface area contributed by atoms with Gasteiger partial charge in [-0.3, -0.25) is 4.79 Å². The molecule has 0 aromatic carbocycles. The zero-order chi connectivity index (χ0) is 38.1. The van der Waals surface area contributed by atoms with E-state index in [0.717, 1.165) is 70.6 Å². The molecule has 9 heteroatoms. The number of rotatable bonds is 33. The maximum absolute atomic E-state index is 12.9. The molecule has 1 rings (SSSR count). The first-order valence-corrected chi connectivity index (χ1v) is 20.9. The summed E-state index contributed by atoms with van der Waals surface area (Å²) in [7, 11) is 0. The van der Waals surface area contributed by atoms with E-state index in [4.69, 9.17) is 9.47 Å². The minimum atomic E-state index is -1.57. The number of hydrogen-bond donors (Lipinski definition) is 6. The first kappa shape index (κ1) is 48.2. The van der Waals surface area contributed by atoms with Crippen molar-refractivity contribution in [3.05, 3.63) is 48.6 Å². The number of nitrogens with one attached hydrogen (secondary N) is 1. The Hall–Kier alpha value is -1.85. The van der Waals surface area contributed by atoms with E-state index in [2.05, 4.69) is 55.6 Å². The van der Waals surface area contributed by atoms with Crippen LogP contribution in [0.4, 0.5) is 0 Å². The lowest BCUT2D eigenvalue weighted by atomic mass is 9.99. The third-order valence-electron chi connectivity index (χ3n) is 9.61. The number of carbonyl (C=O) groups excluding carboxylic acids is 1. The van der Waals surface area contributed by atoms with Crippen LogP contribution >= 0.6 is 0 Å². The largest absolute Gasteiger partial charge is 0.394 e. The summed E-state index contributed by atoms with van der Waals surface area (Å²) >= 11 is 0. The molecule has 0 aromatic rings. The van der Waals surface area contributed by atoms with Crippen LogP contribution in [0.25, 0.3) is 0 Å². The lowest BCUT2D eigenvalue weighted by Gasteiger charge is -2.40. The third-order valence-corrected chi connectivity index (χ3v) is 9.61. The average Bonchev–Trinajstić information content (AvgIpc) is 3.14. The molecule has 302 valence electrons. The fraction of sp³-hybridized carbons (Fsp3) is 0.791. The third kappa shape index (κ3) is 24.5. The molecule has 1 aliphatic heterocycles. The van der Waals surface area contributed by atoms with Crippen molar-refractivity contribution in [3.8, 4) is 0 Å². The monoisotopic (exact) mass is 736 g/mol. The maximum Gasteiger partial charge on any atom is 0.220 e. The van der Waals surface area contributed by atoms with Gasteiger partial charge in [0.15, 0.2) is 6.29 Å². The smallest absolute Gasteiger partial charge is 0.220 e. The van der Waals surface area contributed by atoms with Gasteiger partial charge in [-0.1, -0.05) is 146 Å². The highest BCUT2D eigenvalue weighted by atomic mass is 16.7. The molecule has 0 saturated carbocycles. The molecule has 6 N–H and O–H groups in total. The van der Waals surface area contributed by atoms with Gasteiger partial charge < -0.3 is 40.3 Å². The Labute approximate surface area is 316 Å². The van der Waals surface area contributed by atoms with E-state index in [1.165, 1.54) is 70.6 Å². The molecule has 7 unspecified atom stereocenters. The lowest BCUT2D eigenvalue weighted by molar-refractivity contribution is -0.302. The molecule has 1 saturated heterocycles. The Kier molecular flexibility index (Phi) is 31.2. The van der Waals surface area contributed by atoms with Crippen LogP contribution in [0.5, 0.6) is 0 Å².